The number of halogens is 2. The van der Waals surface area contributed by atoms with Gasteiger partial charge in [0.1, 0.15) is 5.82 Å². The van der Waals surface area contributed by atoms with Crippen LogP contribution in [-0.2, 0) is 17.9 Å². The second-order valence-corrected chi connectivity index (χ2v) is 9.04. The Bertz CT molecular complexity index is 1250. The van der Waals surface area contributed by atoms with E-state index in [1.54, 1.807) is 10.7 Å². The number of aromatic nitrogens is 3. The van der Waals surface area contributed by atoms with Crippen LogP contribution in [0, 0.1) is 5.92 Å². The fourth-order valence-corrected chi connectivity index (χ4v) is 3.81. The molecule has 0 aliphatic heterocycles. The molecule has 2 aromatic carbocycles. The van der Waals surface area contributed by atoms with Crippen LogP contribution in [0.3, 0.4) is 0 Å². The van der Waals surface area contributed by atoms with Gasteiger partial charge in [-0.3, -0.25) is 4.79 Å². The maximum atomic E-state index is 11.8. The maximum absolute atomic E-state index is 11.8. The zero-order valence-electron chi connectivity index (χ0n) is 17.8. The highest BCUT2D eigenvalue weighted by Crippen LogP contribution is 2.30. The molecule has 0 saturated heterocycles. The molecule has 0 atom stereocenters. The highest BCUT2D eigenvalue weighted by molar-refractivity contribution is 9.10. The zero-order chi connectivity index (χ0) is 22.7. The van der Waals surface area contributed by atoms with Gasteiger partial charge in [-0.05, 0) is 33.1 Å². The van der Waals surface area contributed by atoms with Crippen molar-refractivity contribution in [1.29, 1.82) is 0 Å². The number of fused-ring (bicyclic) bond motifs is 1. The number of hydrogen-bond acceptors (Lipinski definition) is 4. The molecule has 4 aromatic rings. The molecule has 0 fully saturated rings. The molecule has 32 heavy (non-hydrogen) atoms. The van der Waals surface area contributed by atoms with E-state index in [9.17, 15) is 4.79 Å². The number of rotatable bonds is 7. The molecule has 0 radical (unpaired) electrons. The lowest BCUT2D eigenvalue weighted by atomic mass is 10.1. The Morgan fingerprint density at radius 1 is 1.09 bits per heavy atom. The lowest BCUT2D eigenvalue weighted by molar-refractivity contribution is -0.124. The Morgan fingerprint density at radius 2 is 1.78 bits per heavy atom. The third-order valence-electron chi connectivity index (χ3n) is 5.07. The van der Waals surface area contributed by atoms with E-state index in [1.165, 1.54) is 0 Å². The molecule has 0 bridgehead atoms. The van der Waals surface area contributed by atoms with Gasteiger partial charge in [-0.25, -0.2) is 4.98 Å². The van der Waals surface area contributed by atoms with E-state index in [2.05, 4.69) is 43.8 Å². The standard InChI is InChI=1S/C24H23BrClN5O/c1-15(2)24(32)28-13-17-9-7-16(8-10-17)12-27-22-11-21(18-5-3-4-6-20(18)26)30-23-19(25)14-29-31(22)23/h3-11,14-15,27H,12-13H2,1-2H3,(H,28,32). The average Bonchev–Trinajstić information content (AvgIpc) is 3.17. The van der Waals surface area contributed by atoms with Crippen molar-refractivity contribution in [3.63, 3.8) is 0 Å². The van der Waals surface area contributed by atoms with Gasteiger partial charge >= 0.3 is 0 Å². The maximum Gasteiger partial charge on any atom is 0.222 e. The second kappa shape index (κ2) is 9.71. The van der Waals surface area contributed by atoms with Crippen molar-refractivity contribution in [2.75, 3.05) is 5.32 Å². The Labute approximate surface area is 200 Å². The largest absolute Gasteiger partial charge is 0.366 e. The van der Waals surface area contributed by atoms with E-state index >= 15 is 0 Å². The van der Waals surface area contributed by atoms with Crippen molar-refractivity contribution in [1.82, 2.24) is 19.9 Å². The van der Waals surface area contributed by atoms with E-state index in [0.29, 0.717) is 23.8 Å². The lowest BCUT2D eigenvalue weighted by Gasteiger charge is -2.12. The van der Waals surface area contributed by atoms with Crippen molar-refractivity contribution in [3.05, 3.63) is 81.4 Å². The van der Waals surface area contributed by atoms with E-state index in [-0.39, 0.29) is 11.8 Å². The fraction of sp³-hybridized carbons (Fsp3) is 0.208. The molecule has 4 rings (SSSR count). The molecule has 0 saturated carbocycles. The minimum absolute atomic E-state index is 0.0198. The van der Waals surface area contributed by atoms with E-state index in [1.807, 2.05) is 56.3 Å². The van der Waals surface area contributed by atoms with Crippen molar-refractivity contribution < 1.29 is 4.79 Å². The molecule has 0 aliphatic rings. The summed E-state index contributed by atoms with van der Waals surface area (Å²) in [4.78, 5) is 16.5. The summed E-state index contributed by atoms with van der Waals surface area (Å²) in [6.07, 6.45) is 1.73. The minimum atomic E-state index is -0.0198. The van der Waals surface area contributed by atoms with Crippen LogP contribution in [0.1, 0.15) is 25.0 Å². The molecular weight excluding hydrogens is 490 g/mol. The first-order valence-corrected chi connectivity index (χ1v) is 11.5. The van der Waals surface area contributed by atoms with Crippen molar-refractivity contribution in [3.8, 4) is 11.3 Å². The molecule has 164 valence electrons. The average molecular weight is 513 g/mol. The summed E-state index contributed by atoms with van der Waals surface area (Å²) in [6.45, 7) is 4.90. The molecule has 1 amide bonds. The predicted octanol–water partition coefficient (Wildman–Crippen LogP) is 5.70. The molecule has 2 N–H and O–H groups in total. The van der Waals surface area contributed by atoms with E-state index < -0.39 is 0 Å². The summed E-state index contributed by atoms with van der Waals surface area (Å²) in [5.74, 6) is 0.842. The van der Waals surface area contributed by atoms with Gasteiger partial charge in [-0.2, -0.15) is 9.61 Å². The van der Waals surface area contributed by atoms with Gasteiger partial charge in [0, 0.05) is 35.7 Å². The van der Waals surface area contributed by atoms with Gasteiger partial charge in [-0.15, -0.1) is 0 Å². The van der Waals surface area contributed by atoms with Crippen LogP contribution in [0.2, 0.25) is 5.02 Å². The highest BCUT2D eigenvalue weighted by atomic mass is 79.9. The van der Waals surface area contributed by atoms with E-state index in [4.69, 9.17) is 16.6 Å². The Balaban J connectivity index is 1.53. The van der Waals surface area contributed by atoms with Crippen LogP contribution in [0.25, 0.3) is 16.9 Å². The number of carbonyl (C=O) groups is 1. The first-order valence-electron chi connectivity index (χ1n) is 10.3. The molecule has 0 spiro atoms. The summed E-state index contributed by atoms with van der Waals surface area (Å²) in [7, 11) is 0. The predicted molar refractivity (Wildman–Crippen MR) is 132 cm³/mol. The summed E-state index contributed by atoms with van der Waals surface area (Å²) in [5, 5.41) is 11.5. The summed E-state index contributed by atoms with van der Waals surface area (Å²) < 4.78 is 2.57. The minimum Gasteiger partial charge on any atom is -0.366 e. The number of hydrogen-bond donors (Lipinski definition) is 2. The molecular formula is C24H23BrClN5O. The third-order valence-corrected chi connectivity index (χ3v) is 5.96. The molecule has 0 aliphatic carbocycles. The summed E-state index contributed by atoms with van der Waals surface area (Å²) in [6, 6.07) is 17.8. The van der Waals surface area contributed by atoms with Crippen molar-refractivity contribution in [2.45, 2.75) is 26.9 Å². The smallest absolute Gasteiger partial charge is 0.222 e. The Hall–Kier alpha value is -2.90. The quantitative estimate of drug-likeness (QED) is 0.333. The SMILES string of the molecule is CC(C)C(=O)NCc1ccc(CNc2cc(-c3ccccc3Cl)nc3c(Br)cnn23)cc1. The fourth-order valence-electron chi connectivity index (χ4n) is 3.23. The monoisotopic (exact) mass is 511 g/mol. The van der Waals surface area contributed by atoms with Gasteiger partial charge in [0.05, 0.1) is 16.4 Å². The number of benzene rings is 2. The zero-order valence-corrected chi connectivity index (χ0v) is 20.1. The van der Waals surface area contributed by atoms with E-state index in [0.717, 1.165) is 32.7 Å². The molecule has 0 unspecified atom stereocenters. The molecule has 2 heterocycles. The van der Waals surface area contributed by atoms with Crippen LogP contribution >= 0.6 is 27.5 Å². The first kappa shape index (κ1) is 22.3. The van der Waals surface area contributed by atoms with Gasteiger partial charge in [0.15, 0.2) is 5.65 Å². The number of nitrogens with one attached hydrogen (secondary N) is 2. The van der Waals surface area contributed by atoms with Crippen molar-refractivity contribution in [2.24, 2.45) is 5.92 Å². The number of anilines is 1. The molecule has 6 nitrogen and oxygen atoms in total. The second-order valence-electron chi connectivity index (χ2n) is 7.78. The number of amides is 1. The summed E-state index contributed by atoms with van der Waals surface area (Å²) >= 11 is 9.93. The lowest BCUT2D eigenvalue weighted by Crippen LogP contribution is -2.27. The normalized spacial score (nSPS) is 11.2. The topological polar surface area (TPSA) is 71.3 Å². The number of carbonyl (C=O) groups excluding carboxylic acids is 1. The van der Waals surface area contributed by atoms with Gasteiger partial charge < -0.3 is 10.6 Å². The molecule has 8 heteroatoms. The molecule has 2 aromatic heterocycles. The summed E-state index contributed by atoms with van der Waals surface area (Å²) in [5.41, 5.74) is 4.51. The van der Waals surface area contributed by atoms with Gasteiger partial charge in [0.25, 0.3) is 0 Å². The van der Waals surface area contributed by atoms with Crippen LogP contribution in [0.5, 0.6) is 0 Å². The third kappa shape index (κ3) is 4.95. The Morgan fingerprint density at radius 3 is 2.47 bits per heavy atom. The Kier molecular flexibility index (Phi) is 6.77. The van der Waals surface area contributed by atoms with Gasteiger partial charge in [-0.1, -0.05) is 67.9 Å². The van der Waals surface area contributed by atoms with Crippen LogP contribution in [0.4, 0.5) is 5.82 Å². The van der Waals surface area contributed by atoms with Crippen LogP contribution < -0.4 is 10.6 Å². The van der Waals surface area contributed by atoms with Gasteiger partial charge in [0.2, 0.25) is 5.91 Å². The van der Waals surface area contributed by atoms with Crippen molar-refractivity contribution >= 4 is 44.9 Å². The first-order chi connectivity index (χ1) is 15.4. The van der Waals surface area contributed by atoms with Crippen LogP contribution in [-0.4, -0.2) is 20.5 Å². The highest BCUT2D eigenvalue weighted by Gasteiger charge is 2.13. The van der Waals surface area contributed by atoms with Crippen LogP contribution in [0.15, 0.2) is 65.3 Å². The number of nitrogens with zero attached hydrogens (tertiary/aromatic N) is 3.